The zero-order valence-corrected chi connectivity index (χ0v) is 13.4. The number of nitrogens with zero attached hydrogens (tertiary/aromatic N) is 1. The molecule has 2 amide bonds. The fraction of sp³-hybridized carbons (Fsp3) is 0.882. The number of carbonyl (C=O) groups excluding carboxylic acids is 2. The lowest BCUT2D eigenvalue weighted by molar-refractivity contribution is -0.141. The van der Waals surface area contributed by atoms with Crippen molar-refractivity contribution in [2.24, 2.45) is 11.8 Å². The number of rotatable bonds is 2. The number of hydrogen-bond acceptors (Lipinski definition) is 2. The van der Waals surface area contributed by atoms with Gasteiger partial charge in [-0.3, -0.25) is 9.59 Å². The fourth-order valence-corrected chi connectivity index (χ4v) is 4.86. The lowest BCUT2D eigenvalue weighted by Gasteiger charge is -2.37. The number of carbonyl (C=O) groups is 2. The van der Waals surface area contributed by atoms with E-state index in [1.807, 2.05) is 0 Å². The first-order valence-electron chi connectivity index (χ1n) is 8.69. The largest absolute Gasteiger partial charge is 0.342 e. The average Bonchev–Trinajstić information content (AvgIpc) is 3.04. The van der Waals surface area contributed by atoms with Gasteiger partial charge in [-0.25, -0.2) is 0 Å². The number of hydrogen-bond donors (Lipinski definition) is 1. The molecule has 1 N–H and O–H groups in total. The third-order valence-corrected chi connectivity index (χ3v) is 6.19. The summed E-state index contributed by atoms with van der Waals surface area (Å²) in [5.41, 5.74) is -0.572. The first-order chi connectivity index (χ1) is 10.1. The third kappa shape index (κ3) is 2.47. The van der Waals surface area contributed by atoms with Gasteiger partial charge in [0.15, 0.2) is 0 Å². The standard InChI is InChI=1S/C17H28N2O2/c1-3-13-6-7-14(12(13)2)19-11-8-15(20)18-17(16(19)21)9-4-5-10-17/h12-14H,3-11H2,1-2H3,(H,18,20). The van der Waals surface area contributed by atoms with E-state index < -0.39 is 5.54 Å². The predicted molar refractivity (Wildman–Crippen MR) is 81.6 cm³/mol. The lowest BCUT2D eigenvalue weighted by atomic mass is 9.90. The maximum absolute atomic E-state index is 13.2. The van der Waals surface area contributed by atoms with Crippen molar-refractivity contribution in [2.45, 2.75) is 76.8 Å². The molecule has 0 aromatic heterocycles. The van der Waals surface area contributed by atoms with Crippen LogP contribution in [0.3, 0.4) is 0 Å². The Bertz CT molecular complexity index is 429. The van der Waals surface area contributed by atoms with Crippen molar-refractivity contribution >= 4 is 11.8 Å². The van der Waals surface area contributed by atoms with E-state index in [4.69, 9.17) is 0 Å². The van der Waals surface area contributed by atoms with Gasteiger partial charge in [0, 0.05) is 19.0 Å². The van der Waals surface area contributed by atoms with Gasteiger partial charge in [-0.15, -0.1) is 0 Å². The highest BCUT2D eigenvalue weighted by Crippen LogP contribution is 2.40. The molecule has 0 bridgehead atoms. The van der Waals surface area contributed by atoms with Crippen LogP contribution in [0.4, 0.5) is 0 Å². The topological polar surface area (TPSA) is 49.4 Å². The highest BCUT2D eigenvalue weighted by atomic mass is 16.2. The zero-order valence-electron chi connectivity index (χ0n) is 13.4. The second-order valence-electron chi connectivity index (χ2n) is 7.26. The Balaban J connectivity index is 1.84. The van der Waals surface area contributed by atoms with Gasteiger partial charge in [-0.2, -0.15) is 0 Å². The van der Waals surface area contributed by atoms with Gasteiger partial charge in [0.05, 0.1) is 0 Å². The van der Waals surface area contributed by atoms with Crippen LogP contribution in [0.15, 0.2) is 0 Å². The van der Waals surface area contributed by atoms with Crippen LogP contribution in [0.1, 0.15) is 65.2 Å². The Morgan fingerprint density at radius 3 is 2.57 bits per heavy atom. The van der Waals surface area contributed by atoms with Crippen LogP contribution in [-0.4, -0.2) is 34.8 Å². The van der Waals surface area contributed by atoms with Crippen molar-refractivity contribution in [2.75, 3.05) is 6.54 Å². The number of nitrogens with one attached hydrogen (secondary N) is 1. The maximum atomic E-state index is 13.2. The van der Waals surface area contributed by atoms with Crippen LogP contribution in [-0.2, 0) is 9.59 Å². The van der Waals surface area contributed by atoms with E-state index >= 15 is 0 Å². The van der Waals surface area contributed by atoms with E-state index in [2.05, 4.69) is 24.1 Å². The molecule has 3 atom stereocenters. The quantitative estimate of drug-likeness (QED) is 0.850. The molecule has 2 aliphatic carbocycles. The Labute approximate surface area is 127 Å². The van der Waals surface area contributed by atoms with Crippen LogP contribution >= 0.6 is 0 Å². The van der Waals surface area contributed by atoms with E-state index in [0.717, 1.165) is 38.0 Å². The normalized spacial score (nSPS) is 36.1. The van der Waals surface area contributed by atoms with Crippen LogP contribution in [0.2, 0.25) is 0 Å². The SMILES string of the molecule is CCC1CCC(N2CCC(=O)NC3(CCCC3)C2=O)C1C. The smallest absolute Gasteiger partial charge is 0.248 e. The first kappa shape index (κ1) is 14.9. The molecule has 1 heterocycles. The second-order valence-corrected chi connectivity index (χ2v) is 7.26. The summed E-state index contributed by atoms with van der Waals surface area (Å²) in [7, 11) is 0. The summed E-state index contributed by atoms with van der Waals surface area (Å²) in [6.45, 7) is 5.15. The van der Waals surface area contributed by atoms with Crippen molar-refractivity contribution < 1.29 is 9.59 Å². The molecule has 2 saturated carbocycles. The molecular formula is C17H28N2O2. The average molecular weight is 292 g/mol. The van der Waals surface area contributed by atoms with Gasteiger partial charge in [0.1, 0.15) is 5.54 Å². The predicted octanol–water partition coefficient (Wildman–Crippen LogP) is 2.47. The Morgan fingerprint density at radius 2 is 1.95 bits per heavy atom. The van der Waals surface area contributed by atoms with E-state index in [-0.39, 0.29) is 11.8 Å². The van der Waals surface area contributed by atoms with E-state index in [1.165, 1.54) is 12.8 Å². The van der Waals surface area contributed by atoms with Gasteiger partial charge >= 0.3 is 0 Å². The van der Waals surface area contributed by atoms with Crippen LogP contribution in [0.5, 0.6) is 0 Å². The summed E-state index contributed by atoms with van der Waals surface area (Å²) in [6, 6.07) is 0.340. The summed E-state index contributed by atoms with van der Waals surface area (Å²) in [4.78, 5) is 27.3. The highest BCUT2D eigenvalue weighted by Gasteiger charge is 2.49. The summed E-state index contributed by atoms with van der Waals surface area (Å²) >= 11 is 0. The van der Waals surface area contributed by atoms with Gasteiger partial charge in [-0.05, 0) is 37.5 Å². The molecule has 1 saturated heterocycles. The van der Waals surface area contributed by atoms with Crippen molar-refractivity contribution in [1.82, 2.24) is 10.2 Å². The minimum atomic E-state index is -0.572. The molecule has 3 fully saturated rings. The lowest BCUT2D eigenvalue weighted by Crippen LogP contribution is -2.57. The molecule has 3 aliphatic rings. The fourth-order valence-electron chi connectivity index (χ4n) is 4.86. The molecule has 4 heteroatoms. The van der Waals surface area contributed by atoms with Crippen molar-refractivity contribution in [3.05, 3.63) is 0 Å². The molecule has 21 heavy (non-hydrogen) atoms. The molecule has 3 unspecified atom stereocenters. The van der Waals surface area contributed by atoms with E-state index in [0.29, 0.717) is 24.9 Å². The second kappa shape index (κ2) is 5.62. The summed E-state index contributed by atoms with van der Waals surface area (Å²) in [5.74, 6) is 1.56. The van der Waals surface area contributed by atoms with Crippen molar-refractivity contribution in [3.8, 4) is 0 Å². The maximum Gasteiger partial charge on any atom is 0.248 e. The monoisotopic (exact) mass is 292 g/mol. The first-order valence-corrected chi connectivity index (χ1v) is 8.69. The Hall–Kier alpha value is -1.06. The molecule has 0 radical (unpaired) electrons. The minimum Gasteiger partial charge on any atom is -0.342 e. The number of amides is 2. The van der Waals surface area contributed by atoms with E-state index in [1.54, 1.807) is 0 Å². The van der Waals surface area contributed by atoms with Crippen LogP contribution in [0.25, 0.3) is 0 Å². The molecule has 4 nitrogen and oxygen atoms in total. The summed E-state index contributed by atoms with van der Waals surface area (Å²) < 4.78 is 0. The van der Waals surface area contributed by atoms with Gasteiger partial charge in [-0.1, -0.05) is 33.1 Å². The Kier molecular flexibility index (Phi) is 3.98. The third-order valence-electron chi connectivity index (χ3n) is 6.19. The molecule has 118 valence electrons. The molecule has 1 spiro atoms. The molecular weight excluding hydrogens is 264 g/mol. The highest BCUT2D eigenvalue weighted by molar-refractivity contribution is 5.94. The summed E-state index contributed by atoms with van der Waals surface area (Å²) in [5, 5.41) is 3.07. The molecule has 0 aromatic carbocycles. The molecule has 3 rings (SSSR count). The summed E-state index contributed by atoms with van der Waals surface area (Å²) in [6.07, 6.45) is 7.75. The van der Waals surface area contributed by atoms with Crippen LogP contribution < -0.4 is 5.32 Å². The minimum absolute atomic E-state index is 0.0606. The van der Waals surface area contributed by atoms with Gasteiger partial charge in [0.2, 0.25) is 11.8 Å². The van der Waals surface area contributed by atoms with Crippen LogP contribution in [0, 0.1) is 11.8 Å². The molecule has 1 aliphatic heterocycles. The van der Waals surface area contributed by atoms with Gasteiger partial charge in [0.25, 0.3) is 0 Å². The zero-order chi connectivity index (χ0) is 15.0. The van der Waals surface area contributed by atoms with Crippen molar-refractivity contribution in [1.29, 1.82) is 0 Å². The Morgan fingerprint density at radius 1 is 1.24 bits per heavy atom. The molecule has 0 aromatic rings. The van der Waals surface area contributed by atoms with Gasteiger partial charge < -0.3 is 10.2 Å². The van der Waals surface area contributed by atoms with Crippen molar-refractivity contribution in [3.63, 3.8) is 0 Å². The van der Waals surface area contributed by atoms with E-state index in [9.17, 15) is 9.59 Å².